The van der Waals surface area contributed by atoms with E-state index in [9.17, 15) is 9.59 Å². The molecular weight excluding hydrogens is 220 g/mol. The van der Waals surface area contributed by atoms with Gasteiger partial charge in [-0.15, -0.1) is 0 Å². The number of benzene rings is 1. The fourth-order valence-electron chi connectivity index (χ4n) is 1.43. The van der Waals surface area contributed by atoms with Gasteiger partial charge in [-0.1, -0.05) is 18.2 Å². The van der Waals surface area contributed by atoms with Crippen molar-refractivity contribution in [1.29, 1.82) is 0 Å². The molecule has 5 heteroatoms. The largest absolute Gasteiger partial charge is 0.481 e. The van der Waals surface area contributed by atoms with E-state index in [4.69, 9.17) is 10.8 Å². The minimum Gasteiger partial charge on any atom is -0.481 e. The van der Waals surface area contributed by atoms with Crippen LogP contribution >= 0.6 is 0 Å². The minimum absolute atomic E-state index is 0.104. The molecule has 1 atom stereocenters. The molecule has 0 fully saturated rings. The van der Waals surface area contributed by atoms with Gasteiger partial charge in [-0.2, -0.15) is 0 Å². The first-order valence-electron chi connectivity index (χ1n) is 5.36. The molecule has 0 radical (unpaired) electrons. The summed E-state index contributed by atoms with van der Waals surface area (Å²) in [4.78, 5) is 23.8. The number of rotatable bonds is 5. The van der Waals surface area contributed by atoms with Gasteiger partial charge < -0.3 is 15.7 Å². The van der Waals surface area contributed by atoms with E-state index in [-0.39, 0.29) is 18.9 Å². The molecule has 0 spiro atoms. The van der Waals surface area contributed by atoms with Crippen molar-refractivity contribution in [3.63, 3.8) is 0 Å². The average molecular weight is 236 g/mol. The summed E-state index contributed by atoms with van der Waals surface area (Å²) in [5, 5.41) is 8.66. The molecule has 1 aromatic carbocycles. The zero-order chi connectivity index (χ0) is 12.8. The number of carbonyl (C=O) groups excluding carboxylic acids is 1. The second-order valence-electron chi connectivity index (χ2n) is 3.76. The molecule has 0 saturated carbocycles. The lowest BCUT2D eigenvalue weighted by molar-refractivity contribution is -0.136. The SMILES string of the molecule is C[C@@H](N)C(=O)N(CCC(=O)O)c1ccccc1. The fraction of sp³-hybridized carbons (Fsp3) is 0.333. The maximum Gasteiger partial charge on any atom is 0.305 e. The van der Waals surface area contributed by atoms with E-state index in [0.717, 1.165) is 0 Å². The van der Waals surface area contributed by atoms with Crippen molar-refractivity contribution >= 4 is 17.6 Å². The van der Waals surface area contributed by atoms with Crippen LogP contribution in [0.15, 0.2) is 30.3 Å². The van der Waals surface area contributed by atoms with Crippen LogP contribution in [0.2, 0.25) is 0 Å². The summed E-state index contributed by atoms with van der Waals surface area (Å²) in [6, 6.07) is 8.26. The summed E-state index contributed by atoms with van der Waals surface area (Å²) in [6.07, 6.45) is -0.104. The number of para-hydroxylation sites is 1. The summed E-state index contributed by atoms with van der Waals surface area (Å²) in [5.74, 6) is -1.22. The highest BCUT2D eigenvalue weighted by Crippen LogP contribution is 2.14. The molecule has 0 bridgehead atoms. The smallest absolute Gasteiger partial charge is 0.305 e. The summed E-state index contributed by atoms with van der Waals surface area (Å²) in [7, 11) is 0. The third-order valence-electron chi connectivity index (χ3n) is 2.27. The molecule has 0 saturated heterocycles. The molecule has 0 aliphatic carbocycles. The Hall–Kier alpha value is -1.88. The normalized spacial score (nSPS) is 11.9. The minimum atomic E-state index is -0.941. The third-order valence-corrected chi connectivity index (χ3v) is 2.27. The van der Waals surface area contributed by atoms with Gasteiger partial charge >= 0.3 is 5.97 Å². The highest BCUT2D eigenvalue weighted by Gasteiger charge is 2.19. The van der Waals surface area contributed by atoms with Gasteiger partial charge in [0.1, 0.15) is 0 Å². The highest BCUT2D eigenvalue weighted by atomic mass is 16.4. The maximum absolute atomic E-state index is 11.9. The molecule has 0 aromatic heterocycles. The van der Waals surface area contributed by atoms with E-state index in [1.165, 1.54) is 4.90 Å². The fourth-order valence-corrected chi connectivity index (χ4v) is 1.43. The van der Waals surface area contributed by atoms with E-state index >= 15 is 0 Å². The summed E-state index contributed by atoms with van der Waals surface area (Å²) < 4.78 is 0. The van der Waals surface area contributed by atoms with Crippen LogP contribution in [0, 0.1) is 0 Å². The number of carbonyl (C=O) groups is 2. The van der Waals surface area contributed by atoms with Crippen molar-refractivity contribution in [2.75, 3.05) is 11.4 Å². The number of hydrogen-bond donors (Lipinski definition) is 2. The Labute approximate surface area is 99.8 Å². The van der Waals surface area contributed by atoms with Crippen molar-refractivity contribution < 1.29 is 14.7 Å². The number of anilines is 1. The van der Waals surface area contributed by atoms with Gasteiger partial charge in [-0.3, -0.25) is 9.59 Å². The number of carboxylic acid groups (broad SMARTS) is 1. The second-order valence-corrected chi connectivity index (χ2v) is 3.76. The molecule has 1 amide bonds. The lowest BCUT2D eigenvalue weighted by Gasteiger charge is -2.23. The number of aliphatic carboxylic acids is 1. The Balaban J connectivity index is 2.86. The molecule has 17 heavy (non-hydrogen) atoms. The molecule has 0 heterocycles. The van der Waals surface area contributed by atoms with Crippen LogP contribution in [0.4, 0.5) is 5.69 Å². The first-order chi connectivity index (χ1) is 8.02. The zero-order valence-electron chi connectivity index (χ0n) is 9.67. The van der Waals surface area contributed by atoms with E-state index in [0.29, 0.717) is 5.69 Å². The first kappa shape index (κ1) is 13.2. The van der Waals surface area contributed by atoms with Gasteiger partial charge in [0.25, 0.3) is 0 Å². The maximum atomic E-state index is 11.9. The Morgan fingerprint density at radius 1 is 1.35 bits per heavy atom. The number of nitrogens with zero attached hydrogens (tertiary/aromatic N) is 1. The third kappa shape index (κ3) is 3.88. The summed E-state index contributed by atoms with van der Waals surface area (Å²) in [6.45, 7) is 1.71. The lowest BCUT2D eigenvalue weighted by Crippen LogP contribution is -2.43. The molecule has 0 aliphatic heterocycles. The monoisotopic (exact) mass is 236 g/mol. The number of hydrogen-bond acceptors (Lipinski definition) is 3. The van der Waals surface area contributed by atoms with Crippen LogP contribution < -0.4 is 10.6 Å². The molecular formula is C12H16N2O3. The molecule has 3 N–H and O–H groups in total. The highest BCUT2D eigenvalue weighted by molar-refractivity contribution is 5.97. The first-order valence-corrected chi connectivity index (χ1v) is 5.36. The van der Waals surface area contributed by atoms with Gasteiger partial charge in [-0.05, 0) is 19.1 Å². The van der Waals surface area contributed by atoms with Gasteiger partial charge in [-0.25, -0.2) is 0 Å². The Kier molecular flexibility index (Phi) is 4.66. The summed E-state index contributed by atoms with van der Waals surface area (Å²) in [5.41, 5.74) is 6.20. The van der Waals surface area contributed by atoms with Gasteiger partial charge in [0.2, 0.25) is 5.91 Å². The zero-order valence-corrected chi connectivity index (χ0v) is 9.67. The number of amides is 1. The van der Waals surface area contributed by atoms with E-state index < -0.39 is 12.0 Å². The van der Waals surface area contributed by atoms with E-state index in [1.807, 2.05) is 6.07 Å². The topological polar surface area (TPSA) is 83.6 Å². The van der Waals surface area contributed by atoms with Crippen molar-refractivity contribution in [2.24, 2.45) is 5.73 Å². The predicted molar refractivity (Wildman–Crippen MR) is 64.7 cm³/mol. The van der Waals surface area contributed by atoms with Gasteiger partial charge in [0.05, 0.1) is 12.5 Å². The molecule has 0 unspecified atom stereocenters. The molecule has 0 aliphatic rings. The quantitative estimate of drug-likeness (QED) is 0.793. The average Bonchev–Trinajstić information content (AvgIpc) is 2.30. The van der Waals surface area contributed by atoms with Crippen molar-refractivity contribution in [2.45, 2.75) is 19.4 Å². The van der Waals surface area contributed by atoms with E-state index in [1.54, 1.807) is 31.2 Å². The van der Waals surface area contributed by atoms with Crippen molar-refractivity contribution in [3.05, 3.63) is 30.3 Å². The molecule has 1 rings (SSSR count). The standard InChI is InChI=1S/C12H16N2O3/c1-9(13)12(17)14(8-7-11(15)16)10-5-3-2-4-6-10/h2-6,9H,7-8,13H2,1H3,(H,15,16)/t9-/m1/s1. The van der Waals surface area contributed by atoms with Crippen LogP contribution in [0.5, 0.6) is 0 Å². The predicted octanol–water partition coefficient (Wildman–Crippen LogP) is 0.842. The molecule has 5 nitrogen and oxygen atoms in total. The van der Waals surface area contributed by atoms with Gasteiger partial charge in [0, 0.05) is 12.2 Å². The number of nitrogens with two attached hydrogens (primary N) is 1. The van der Waals surface area contributed by atoms with Crippen LogP contribution in [0.3, 0.4) is 0 Å². The molecule has 92 valence electrons. The lowest BCUT2D eigenvalue weighted by atomic mass is 10.2. The van der Waals surface area contributed by atoms with Gasteiger partial charge in [0.15, 0.2) is 0 Å². The summed E-state index contributed by atoms with van der Waals surface area (Å²) >= 11 is 0. The Bertz CT molecular complexity index is 390. The van der Waals surface area contributed by atoms with E-state index in [2.05, 4.69) is 0 Å². The van der Waals surface area contributed by atoms with Crippen molar-refractivity contribution in [3.8, 4) is 0 Å². The van der Waals surface area contributed by atoms with Crippen LogP contribution in [0.25, 0.3) is 0 Å². The Morgan fingerprint density at radius 3 is 2.41 bits per heavy atom. The van der Waals surface area contributed by atoms with Crippen LogP contribution in [-0.4, -0.2) is 29.6 Å². The van der Waals surface area contributed by atoms with Crippen molar-refractivity contribution in [1.82, 2.24) is 0 Å². The van der Waals surface area contributed by atoms with Crippen LogP contribution in [0.1, 0.15) is 13.3 Å². The second kappa shape index (κ2) is 6.00. The number of carboxylic acids is 1. The molecule has 1 aromatic rings. The van der Waals surface area contributed by atoms with Crippen LogP contribution in [-0.2, 0) is 9.59 Å². The Morgan fingerprint density at radius 2 is 1.94 bits per heavy atom.